The van der Waals surface area contributed by atoms with Gasteiger partial charge in [0.1, 0.15) is 16.5 Å². The Kier molecular flexibility index (Phi) is 5.58. The summed E-state index contributed by atoms with van der Waals surface area (Å²) in [4.78, 5) is 0. The zero-order valence-electron chi connectivity index (χ0n) is 15.4. The van der Waals surface area contributed by atoms with Crippen molar-refractivity contribution in [2.75, 3.05) is 11.0 Å². The van der Waals surface area contributed by atoms with Gasteiger partial charge in [-0.2, -0.15) is 0 Å². The predicted octanol–water partition coefficient (Wildman–Crippen LogP) is 5.00. The van der Waals surface area contributed by atoms with Crippen LogP contribution in [0.15, 0.2) is 59.9 Å². The van der Waals surface area contributed by atoms with Crippen LogP contribution in [-0.2, 0) is 16.5 Å². The number of rotatable bonds is 6. The van der Waals surface area contributed by atoms with Crippen molar-refractivity contribution in [3.05, 3.63) is 65.3 Å². The summed E-state index contributed by atoms with van der Waals surface area (Å²) in [6.07, 6.45) is 4.25. The molecule has 2 atom stereocenters. The molecule has 0 saturated heterocycles. The average Bonchev–Trinajstić information content (AvgIpc) is 3.09. The van der Waals surface area contributed by atoms with E-state index in [4.69, 9.17) is 11.6 Å². The van der Waals surface area contributed by atoms with Crippen LogP contribution in [0.3, 0.4) is 0 Å². The smallest absolute Gasteiger partial charge is 0.113 e. The number of nitrogens with zero attached hydrogens (tertiary/aromatic N) is 2. The van der Waals surface area contributed by atoms with Crippen LogP contribution in [0.2, 0.25) is 5.02 Å². The van der Waals surface area contributed by atoms with Crippen molar-refractivity contribution in [1.82, 2.24) is 4.57 Å². The minimum Gasteiger partial charge on any atom is -0.411 e. The van der Waals surface area contributed by atoms with E-state index in [1.165, 1.54) is 0 Å². The standard InChI is InChI=1S/C20H22ClN3O2S/c1-4-20(14(2)22-25,15-8-10-16(21)11-9-15)24-13-12-17-18(23-27(3)26)6-5-7-19(17)24/h5-13,23,25H,4H2,1-3H3/b22-14+. The van der Waals surface area contributed by atoms with Crippen LogP contribution in [0.5, 0.6) is 0 Å². The second-order valence-corrected chi connectivity index (χ2v) is 7.94. The molecule has 1 heterocycles. The van der Waals surface area contributed by atoms with Crippen LogP contribution in [0, 0.1) is 0 Å². The Bertz CT molecular complexity index is 1010. The number of anilines is 1. The molecule has 0 radical (unpaired) electrons. The quantitative estimate of drug-likeness (QED) is 0.345. The topological polar surface area (TPSA) is 66.6 Å². The molecule has 2 N–H and O–H groups in total. The molecule has 3 aromatic rings. The Balaban J connectivity index is 2.31. The molecular formula is C20H22ClN3O2S. The van der Waals surface area contributed by atoms with Crippen molar-refractivity contribution in [3.8, 4) is 0 Å². The van der Waals surface area contributed by atoms with Crippen LogP contribution in [0.4, 0.5) is 5.69 Å². The lowest BCUT2D eigenvalue weighted by atomic mass is 9.82. The summed E-state index contributed by atoms with van der Waals surface area (Å²) >= 11 is 6.08. The van der Waals surface area contributed by atoms with Gasteiger partial charge in [0.2, 0.25) is 0 Å². The minimum absolute atomic E-state index is 0.572. The summed E-state index contributed by atoms with van der Waals surface area (Å²) < 4.78 is 16.7. The number of aromatic nitrogens is 1. The van der Waals surface area contributed by atoms with E-state index < -0.39 is 16.5 Å². The van der Waals surface area contributed by atoms with Gasteiger partial charge < -0.3 is 14.5 Å². The molecule has 0 saturated carbocycles. The van der Waals surface area contributed by atoms with Gasteiger partial charge >= 0.3 is 0 Å². The fourth-order valence-electron chi connectivity index (χ4n) is 3.71. The SMILES string of the molecule is CCC(/C(C)=N/O)(c1ccc(Cl)cc1)n1ccc2c(NS(C)=O)cccc21. The van der Waals surface area contributed by atoms with E-state index in [-0.39, 0.29) is 0 Å². The lowest BCUT2D eigenvalue weighted by Crippen LogP contribution is -2.41. The van der Waals surface area contributed by atoms with Gasteiger partial charge in [-0.3, -0.25) is 0 Å². The number of hydrogen-bond acceptors (Lipinski definition) is 3. The van der Waals surface area contributed by atoms with Gasteiger partial charge in [0.25, 0.3) is 0 Å². The van der Waals surface area contributed by atoms with E-state index >= 15 is 0 Å². The zero-order chi connectivity index (χ0) is 19.6. The lowest BCUT2D eigenvalue weighted by Gasteiger charge is -2.35. The third-order valence-electron chi connectivity index (χ3n) is 4.98. The summed E-state index contributed by atoms with van der Waals surface area (Å²) in [7, 11) is -1.17. The molecule has 3 rings (SSSR count). The molecule has 0 fully saturated rings. The molecule has 2 aromatic carbocycles. The highest BCUT2D eigenvalue weighted by molar-refractivity contribution is 7.85. The molecule has 0 spiro atoms. The first kappa shape index (κ1) is 19.5. The molecule has 27 heavy (non-hydrogen) atoms. The first-order valence-electron chi connectivity index (χ1n) is 8.60. The lowest BCUT2D eigenvalue weighted by molar-refractivity contribution is 0.308. The Hall–Kier alpha value is -2.31. The predicted molar refractivity (Wildman–Crippen MR) is 113 cm³/mol. The zero-order valence-corrected chi connectivity index (χ0v) is 17.0. The molecule has 7 heteroatoms. The molecule has 142 valence electrons. The minimum atomic E-state index is -1.17. The van der Waals surface area contributed by atoms with Crippen LogP contribution in [0.1, 0.15) is 25.8 Å². The van der Waals surface area contributed by atoms with Crippen molar-refractivity contribution in [2.24, 2.45) is 5.16 Å². The summed E-state index contributed by atoms with van der Waals surface area (Å²) in [5.41, 5.74) is 2.62. The number of halogens is 1. The van der Waals surface area contributed by atoms with Crippen molar-refractivity contribution in [2.45, 2.75) is 25.8 Å². The van der Waals surface area contributed by atoms with Crippen molar-refractivity contribution < 1.29 is 9.42 Å². The Morgan fingerprint density at radius 1 is 1.26 bits per heavy atom. The maximum Gasteiger partial charge on any atom is 0.113 e. The first-order chi connectivity index (χ1) is 12.9. The molecule has 2 unspecified atom stereocenters. The van der Waals surface area contributed by atoms with Gasteiger partial charge in [-0.25, -0.2) is 4.21 Å². The fourth-order valence-corrected chi connectivity index (χ4v) is 4.32. The van der Waals surface area contributed by atoms with E-state index in [1.807, 2.05) is 61.7 Å². The van der Waals surface area contributed by atoms with E-state index in [0.29, 0.717) is 17.2 Å². The average molecular weight is 404 g/mol. The number of oxime groups is 1. The summed E-state index contributed by atoms with van der Waals surface area (Å²) in [6, 6.07) is 15.4. The molecule has 0 amide bonds. The summed E-state index contributed by atoms with van der Waals surface area (Å²) in [5, 5.41) is 14.8. The summed E-state index contributed by atoms with van der Waals surface area (Å²) in [5.74, 6) is 0. The van der Waals surface area contributed by atoms with Gasteiger partial charge in [-0.1, -0.05) is 41.9 Å². The Labute approximate surface area is 166 Å². The molecule has 0 aliphatic heterocycles. The second kappa shape index (κ2) is 7.74. The van der Waals surface area contributed by atoms with Crippen molar-refractivity contribution >= 4 is 44.9 Å². The van der Waals surface area contributed by atoms with Crippen molar-refractivity contribution in [1.29, 1.82) is 0 Å². The van der Waals surface area contributed by atoms with Crippen molar-refractivity contribution in [3.63, 3.8) is 0 Å². The number of nitrogens with one attached hydrogen (secondary N) is 1. The van der Waals surface area contributed by atoms with E-state index in [2.05, 4.69) is 21.4 Å². The molecule has 5 nitrogen and oxygen atoms in total. The van der Waals surface area contributed by atoms with E-state index in [0.717, 1.165) is 22.2 Å². The highest BCUT2D eigenvalue weighted by Gasteiger charge is 2.37. The fraction of sp³-hybridized carbons (Fsp3) is 0.250. The maximum atomic E-state index is 11.7. The number of hydrogen-bond donors (Lipinski definition) is 2. The third kappa shape index (κ3) is 3.35. The van der Waals surface area contributed by atoms with Gasteiger partial charge in [0.15, 0.2) is 0 Å². The summed E-state index contributed by atoms with van der Waals surface area (Å²) in [6.45, 7) is 3.87. The molecule has 0 aliphatic rings. The third-order valence-corrected chi connectivity index (χ3v) is 5.74. The van der Waals surface area contributed by atoms with Gasteiger partial charge in [-0.15, -0.1) is 0 Å². The number of fused-ring (bicyclic) bond motifs is 1. The van der Waals surface area contributed by atoms with Gasteiger partial charge in [0.05, 0.1) is 16.9 Å². The molecular weight excluding hydrogens is 382 g/mol. The first-order valence-corrected chi connectivity index (χ1v) is 10.5. The van der Waals surface area contributed by atoms with Gasteiger partial charge in [0, 0.05) is 22.9 Å². The largest absolute Gasteiger partial charge is 0.411 e. The van der Waals surface area contributed by atoms with Crippen LogP contribution < -0.4 is 4.72 Å². The second-order valence-electron chi connectivity index (χ2n) is 6.39. The molecule has 0 bridgehead atoms. The Morgan fingerprint density at radius 3 is 2.56 bits per heavy atom. The molecule has 0 aliphatic carbocycles. The normalized spacial score (nSPS) is 15.5. The van der Waals surface area contributed by atoms with Crippen LogP contribution in [0.25, 0.3) is 10.9 Å². The maximum absolute atomic E-state index is 11.7. The van der Waals surface area contributed by atoms with Gasteiger partial charge in [-0.05, 0) is 49.2 Å². The van der Waals surface area contributed by atoms with E-state index in [1.54, 1.807) is 6.26 Å². The number of benzene rings is 2. The van der Waals surface area contributed by atoms with E-state index in [9.17, 15) is 9.42 Å². The Morgan fingerprint density at radius 2 is 1.96 bits per heavy atom. The monoisotopic (exact) mass is 403 g/mol. The highest BCUT2D eigenvalue weighted by atomic mass is 35.5. The van der Waals surface area contributed by atoms with Crippen LogP contribution >= 0.6 is 11.6 Å². The molecule has 1 aromatic heterocycles. The van der Waals surface area contributed by atoms with Crippen LogP contribution in [-0.4, -0.2) is 26.0 Å². The highest BCUT2D eigenvalue weighted by Crippen LogP contribution is 2.37.